The number of methoxy groups -OCH3 is 1. The standard InChI is InChI=1S/C19H25NO4S/c1-4-19(23-3,16-9-7-6-8-10-16)15-20-25(21,22)18-13-11-17(12-14-18)24-5-2/h6-14,20H,4-5,15H2,1-3H3. The Labute approximate surface area is 150 Å². The second kappa shape index (κ2) is 8.47. The van der Waals surface area contributed by atoms with Crippen LogP contribution < -0.4 is 9.46 Å². The van der Waals surface area contributed by atoms with E-state index in [1.807, 2.05) is 44.2 Å². The first-order valence-corrected chi connectivity index (χ1v) is 9.79. The van der Waals surface area contributed by atoms with Crippen molar-refractivity contribution < 1.29 is 17.9 Å². The molecule has 0 amide bonds. The summed E-state index contributed by atoms with van der Waals surface area (Å²) in [5.74, 6) is 0.644. The fraction of sp³-hybridized carbons (Fsp3) is 0.368. The molecule has 0 spiro atoms. The van der Waals surface area contributed by atoms with Crippen LogP contribution in [0.15, 0.2) is 59.5 Å². The van der Waals surface area contributed by atoms with Gasteiger partial charge in [0.2, 0.25) is 10.0 Å². The fourth-order valence-corrected chi connectivity index (χ4v) is 3.77. The molecule has 5 nitrogen and oxygen atoms in total. The molecule has 6 heteroatoms. The molecule has 0 saturated carbocycles. The van der Waals surface area contributed by atoms with Gasteiger partial charge < -0.3 is 9.47 Å². The van der Waals surface area contributed by atoms with Crippen LogP contribution in [-0.4, -0.2) is 28.7 Å². The van der Waals surface area contributed by atoms with Crippen LogP contribution in [0.4, 0.5) is 0 Å². The first-order chi connectivity index (χ1) is 12.0. The first-order valence-electron chi connectivity index (χ1n) is 8.30. The summed E-state index contributed by atoms with van der Waals surface area (Å²) in [6.07, 6.45) is 0.638. The zero-order valence-electron chi connectivity index (χ0n) is 14.9. The van der Waals surface area contributed by atoms with Crippen molar-refractivity contribution >= 4 is 10.0 Å². The largest absolute Gasteiger partial charge is 0.494 e. The average molecular weight is 363 g/mol. The molecule has 0 aliphatic heterocycles. The van der Waals surface area contributed by atoms with E-state index < -0.39 is 15.6 Å². The number of rotatable bonds is 9. The van der Waals surface area contributed by atoms with E-state index >= 15 is 0 Å². The Bertz CT molecular complexity index is 754. The predicted octanol–water partition coefficient (Wildman–Crippen LogP) is 3.32. The van der Waals surface area contributed by atoms with Crippen molar-refractivity contribution in [2.75, 3.05) is 20.3 Å². The molecule has 0 saturated heterocycles. The van der Waals surface area contributed by atoms with E-state index in [1.165, 1.54) is 12.1 Å². The number of ether oxygens (including phenoxy) is 2. The molecule has 1 atom stereocenters. The maximum Gasteiger partial charge on any atom is 0.240 e. The molecule has 0 fully saturated rings. The van der Waals surface area contributed by atoms with E-state index in [0.717, 1.165) is 5.56 Å². The van der Waals surface area contributed by atoms with E-state index in [0.29, 0.717) is 18.8 Å². The van der Waals surface area contributed by atoms with Gasteiger partial charge in [-0.05, 0) is 43.2 Å². The van der Waals surface area contributed by atoms with Crippen LogP contribution in [0.25, 0.3) is 0 Å². The Balaban J connectivity index is 2.19. The molecule has 136 valence electrons. The van der Waals surface area contributed by atoms with Gasteiger partial charge in [-0.15, -0.1) is 0 Å². The zero-order chi connectivity index (χ0) is 18.3. The smallest absolute Gasteiger partial charge is 0.240 e. The van der Waals surface area contributed by atoms with Gasteiger partial charge in [0, 0.05) is 13.7 Å². The molecule has 1 unspecified atom stereocenters. The molecule has 0 aliphatic carbocycles. The van der Waals surface area contributed by atoms with Crippen LogP contribution in [0.2, 0.25) is 0 Å². The van der Waals surface area contributed by atoms with Gasteiger partial charge in [0.1, 0.15) is 11.4 Å². The molecule has 0 aromatic heterocycles. The minimum Gasteiger partial charge on any atom is -0.494 e. The highest BCUT2D eigenvalue weighted by molar-refractivity contribution is 7.89. The highest BCUT2D eigenvalue weighted by Crippen LogP contribution is 2.28. The summed E-state index contributed by atoms with van der Waals surface area (Å²) in [6, 6.07) is 16.0. The van der Waals surface area contributed by atoms with Crippen molar-refractivity contribution in [3.8, 4) is 5.75 Å². The molecule has 0 aliphatic rings. The van der Waals surface area contributed by atoms with Gasteiger partial charge in [-0.3, -0.25) is 0 Å². The molecular formula is C19H25NO4S. The van der Waals surface area contributed by atoms with E-state index in [1.54, 1.807) is 19.2 Å². The number of hydrogen-bond donors (Lipinski definition) is 1. The van der Waals surface area contributed by atoms with E-state index in [9.17, 15) is 8.42 Å². The Morgan fingerprint density at radius 3 is 2.16 bits per heavy atom. The van der Waals surface area contributed by atoms with Gasteiger partial charge in [0.05, 0.1) is 11.5 Å². The van der Waals surface area contributed by atoms with Crippen molar-refractivity contribution in [3.63, 3.8) is 0 Å². The van der Waals surface area contributed by atoms with E-state index in [-0.39, 0.29) is 11.4 Å². The summed E-state index contributed by atoms with van der Waals surface area (Å²) in [6.45, 7) is 4.54. The van der Waals surface area contributed by atoms with Crippen LogP contribution in [0.5, 0.6) is 5.75 Å². The summed E-state index contributed by atoms with van der Waals surface area (Å²) in [5, 5.41) is 0. The minimum absolute atomic E-state index is 0.152. The summed E-state index contributed by atoms with van der Waals surface area (Å²) in [4.78, 5) is 0.199. The molecule has 2 aromatic carbocycles. The lowest BCUT2D eigenvalue weighted by atomic mass is 9.91. The predicted molar refractivity (Wildman–Crippen MR) is 98.2 cm³/mol. The number of benzene rings is 2. The Kier molecular flexibility index (Phi) is 6.58. The van der Waals surface area contributed by atoms with Gasteiger partial charge in [0.15, 0.2) is 0 Å². The number of nitrogens with one attached hydrogen (secondary N) is 1. The van der Waals surface area contributed by atoms with Gasteiger partial charge in [-0.1, -0.05) is 37.3 Å². The van der Waals surface area contributed by atoms with E-state index in [4.69, 9.17) is 9.47 Å². The molecule has 1 N–H and O–H groups in total. The third kappa shape index (κ3) is 4.60. The second-order valence-corrected chi connectivity index (χ2v) is 7.41. The van der Waals surface area contributed by atoms with Crippen molar-refractivity contribution in [1.82, 2.24) is 4.72 Å². The molecule has 0 radical (unpaired) electrons. The van der Waals surface area contributed by atoms with Crippen LogP contribution >= 0.6 is 0 Å². The summed E-state index contributed by atoms with van der Waals surface area (Å²) in [7, 11) is -2.04. The zero-order valence-corrected chi connectivity index (χ0v) is 15.7. The van der Waals surface area contributed by atoms with E-state index in [2.05, 4.69) is 4.72 Å². The number of hydrogen-bond acceptors (Lipinski definition) is 4. The lowest BCUT2D eigenvalue weighted by Crippen LogP contribution is -2.41. The Hall–Kier alpha value is -1.89. The molecule has 2 aromatic rings. The quantitative estimate of drug-likeness (QED) is 0.742. The Morgan fingerprint density at radius 1 is 1.00 bits per heavy atom. The van der Waals surface area contributed by atoms with Gasteiger partial charge in [-0.25, -0.2) is 13.1 Å². The van der Waals surface area contributed by atoms with Crippen molar-refractivity contribution in [2.24, 2.45) is 0 Å². The summed E-state index contributed by atoms with van der Waals surface area (Å²) < 4.78 is 38.9. The summed E-state index contributed by atoms with van der Waals surface area (Å²) >= 11 is 0. The maximum atomic E-state index is 12.6. The molecule has 0 bridgehead atoms. The van der Waals surface area contributed by atoms with Gasteiger partial charge in [-0.2, -0.15) is 0 Å². The Morgan fingerprint density at radius 2 is 1.64 bits per heavy atom. The van der Waals surface area contributed by atoms with Gasteiger partial charge in [0.25, 0.3) is 0 Å². The van der Waals surface area contributed by atoms with Crippen molar-refractivity contribution in [3.05, 3.63) is 60.2 Å². The average Bonchev–Trinajstić information content (AvgIpc) is 2.65. The lowest BCUT2D eigenvalue weighted by molar-refractivity contribution is -0.0133. The molecular weight excluding hydrogens is 338 g/mol. The highest BCUT2D eigenvalue weighted by Gasteiger charge is 2.32. The monoisotopic (exact) mass is 363 g/mol. The van der Waals surface area contributed by atoms with Crippen LogP contribution in [0.3, 0.4) is 0 Å². The lowest BCUT2D eigenvalue weighted by Gasteiger charge is -2.32. The second-order valence-electron chi connectivity index (χ2n) is 5.65. The van der Waals surface area contributed by atoms with Crippen LogP contribution in [0, 0.1) is 0 Å². The first kappa shape index (κ1) is 19.4. The summed E-state index contributed by atoms with van der Waals surface area (Å²) in [5.41, 5.74) is 0.231. The third-order valence-corrected chi connectivity index (χ3v) is 5.67. The van der Waals surface area contributed by atoms with Gasteiger partial charge >= 0.3 is 0 Å². The minimum atomic E-state index is -3.64. The third-order valence-electron chi connectivity index (χ3n) is 4.25. The maximum absolute atomic E-state index is 12.6. The topological polar surface area (TPSA) is 64.6 Å². The number of sulfonamides is 1. The normalized spacial score (nSPS) is 14.0. The highest BCUT2D eigenvalue weighted by atomic mass is 32.2. The molecule has 0 heterocycles. The van der Waals surface area contributed by atoms with Crippen LogP contribution in [0.1, 0.15) is 25.8 Å². The molecule has 25 heavy (non-hydrogen) atoms. The van der Waals surface area contributed by atoms with Crippen LogP contribution in [-0.2, 0) is 20.4 Å². The SMILES string of the molecule is CCOc1ccc(S(=O)(=O)NCC(CC)(OC)c2ccccc2)cc1. The fourth-order valence-electron chi connectivity index (χ4n) is 2.68. The van der Waals surface area contributed by atoms with Crippen molar-refractivity contribution in [2.45, 2.75) is 30.8 Å². The van der Waals surface area contributed by atoms with Crippen molar-refractivity contribution in [1.29, 1.82) is 0 Å². The molecule has 2 rings (SSSR count).